The first-order valence-corrected chi connectivity index (χ1v) is 5.79. The molecule has 1 aliphatic rings. The van der Waals surface area contributed by atoms with E-state index in [-0.39, 0.29) is 12.4 Å². The third-order valence-electron chi connectivity index (χ3n) is 2.83. The van der Waals surface area contributed by atoms with E-state index >= 15 is 0 Å². The third kappa shape index (κ3) is 1.81. The molecule has 0 bridgehead atoms. The van der Waals surface area contributed by atoms with Gasteiger partial charge in [-0.3, -0.25) is 4.98 Å². The van der Waals surface area contributed by atoms with Crippen LogP contribution in [0.15, 0.2) is 18.3 Å². The molecule has 3 rings (SSSR count). The predicted octanol–water partition coefficient (Wildman–Crippen LogP) is 2.06. The Hall–Kier alpha value is -2.50. The summed E-state index contributed by atoms with van der Waals surface area (Å²) in [6, 6.07) is 3.41. The molecule has 0 unspecified atom stereocenters. The molecule has 6 heteroatoms. The highest BCUT2D eigenvalue weighted by Gasteiger charge is 2.20. The van der Waals surface area contributed by atoms with Crippen LogP contribution in [0.5, 0.6) is 17.2 Å². The zero-order valence-corrected chi connectivity index (χ0v) is 10.2. The molecule has 0 spiro atoms. The molecule has 2 aromatic rings. The number of rotatable bonds is 3. The third-order valence-corrected chi connectivity index (χ3v) is 2.83. The zero-order chi connectivity index (χ0) is 13.4. The van der Waals surface area contributed by atoms with Gasteiger partial charge in [-0.25, -0.2) is 4.79 Å². The fourth-order valence-corrected chi connectivity index (χ4v) is 2.01. The molecular formula is C13H11NO5. The van der Waals surface area contributed by atoms with Gasteiger partial charge in [0.2, 0.25) is 6.79 Å². The quantitative estimate of drug-likeness (QED) is 0.911. The lowest BCUT2D eigenvalue weighted by atomic mass is 10.1. The van der Waals surface area contributed by atoms with Gasteiger partial charge in [0.1, 0.15) is 11.3 Å². The Labute approximate surface area is 108 Å². The molecule has 1 aliphatic heterocycles. The van der Waals surface area contributed by atoms with E-state index < -0.39 is 5.97 Å². The first-order chi connectivity index (χ1) is 9.20. The van der Waals surface area contributed by atoms with Gasteiger partial charge in [-0.1, -0.05) is 0 Å². The van der Waals surface area contributed by atoms with Crippen LogP contribution in [0.2, 0.25) is 0 Å². The number of carboxylic acids is 1. The van der Waals surface area contributed by atoms with E-state index in [1.54, 1.807) is 19.1 Å². The van der Waals surface area contributed by atoms with Gasteiger partial charge in [-0.2, -0.15) is 0 Å². The van der Waals surface area contributed by atoms with Crippen molar-refractivity contribution in [3.8, 4) is 17.2 Å². The van der Waals surface area contributed by atoms with Crippen molar-refractivity contribution >= 4 is 16.9 Å². The van der Waals surface area contributed by atoms with Crippen LogP contribution < -0.4 is 14.2 Å². The molecule has 6 nitrogen and oxygen atoms in total. The first-order valence-electron chi connectivity index (χ1n) is 5.79. The second-order valence-electron chi connectivity index (χ2n) is 3.96. The van der Waals surface area contributed by atoms with Crippen molar-refractivity contribution in [1.82, 2.24) is 4.98 Å². The van der Waals surface area contributed by atoms with E-state index in [2.05, 4.69) is 4.98 Å². The molecule has 0 aliphatic carbocycles. The van der Waals surface area contributed by atoms with Crippen molar-refractivity contribution in [2.24, 2.45) is 0 Å². The minimum absolute atomic E-state index is 0.0354. The standard InChI is InChI=1S/C13H11NO5/c1-2-17-12-7-3-10-11(19-6-18-10)4-9(7)14-5-8(12)13(15)16/h3-5H,2,6H2,1H3,(H,15,16). The normalized spacial score (nSPS) is 12.7. The largest absolute Gasteiger partial charge is 0.492 e. The maximum Gasteiger partial charge on any atom is 0.341 e. The molecule has 1 aromatic heterocycles. The minimum Gasteiger partial charge on any atom is -0.492 e. The molecule has 19 heavy (non-hydrogen) atoms. The number of fused-ring (bicyclic) bond motifs is 2. The number of ether oxygens (including phenoxy) is 3. The number of carboxylic acid groups (broad SMARTS) is 1. The van der Waals surface area contributed by atoms with Gasteiger partial charge in [-0.15, -0.1) is 0 Å². The number of aromatic nitrogens is 1. The highest BCUT2D eigenvalue weighted by Crippen LogP contribution is 2.39. The molecule has 0 radical (unpaired) electrons. The van der Waals surface area contributed by atoms with Crippen LogP contribution in [0, 0.1) is 0 Å². The Morgan fingerprint density at radius 2 is 2.16 bits per heavy atom. The lowest BCUT2D eigenvalue weighted by Crippen LogP contribution is -2.04. The highest BCUT2D eigenvalue weighted by molar-refractivity contribution is 5.99. The van der Waals surface area contributed by atoms with E-state index in [4.69, 9.17) is 19.3 Å². The van der Waals surface area contributed by atoms with Crippen molar-refractivity contribution in [2.45, 2.75) is 6.92 Å². The average Bonchev–Trinajstić information content (AvgIpc) is 2.83. The Balaban J connectivity index is 2.29. The van der Waals surface area contributed by atoms with Gasteiger partial charge in [-0.05, 0) is 13.0 Å². The Morgan fingerprint density at radius 1 is 1.42 bits per heavy atom. The van der Waals surface area contributed by atoms with E-state index in [1.165, 1.54) is 6.20 Å². The lowest BCUT2D eigenvalue weighted by Gasteiger charge is -2.10. The number of hydrogen-bond donors (Lipinski definition) is 1. The molecular weight excluding hydrogens is 250 g/mol. The summed E-state index contributed by atoms with van der Waals surface area (Å²) >= 11 is 0. The smallest absolute Gasteiger partial charge is 0.341 e. The Bertz CT molecular complexity index is 668. The van der Waals surface area contributed by atoms with Gasteiger partial charge < -0.3 is 19.3 Å². The summed E-state index contributed by atoms with van der Waals surface area (Å²) in [7, 11) is 0. The van der Waals surface area contributed by atoms with E-state index in [1.807, 2.05) is 0 Å². The van der Waals surface area contributed by atoms with Crippen molar-refractivity contribution in [1.29, 1.82) is 0 Å². The fraction of sp³-hybridized carbons (Fsp3) is 0.231. The van der Waals surface area contributed by atoms with Crippen LogP contribution in [0.3, 0.4) is 0 Å². The summed E-state index contributed by atoms with van der Waals surface area (Å²) in [5, 5.41) is 9.77. The average molecular weight is 261 g/mol. The van der Waals surface area contributed by atoms with Gasteiger partial charge in [0.25, 0.3) is 0 Å². The molecule has 0 saturated heterocycles. The van der Waals surface area contributed by atoms with Crippen molar-refractivity contribution in [3.05, 3.63) is 23.9 Å². The second-order valence-corrected chi connectivity index (χ2v) is 3.96. The molecule has 0 amide bonds. The summed E-state index contributed by atoms with van der Waals surface area (Å²) in [5.41, 5.74) is 0.644. The van der Waals surface area contributed by atoms with E-state index in [9.17, 15) is 4.79 Å². The summed E-state index contributed by atoms with van der Waals surface area (Å²) in [5.74, 6) is 0.400. The number of carbonyl (C=O) groups is 1. The fourth-order valence-electron chi connectivity index (χ4n) is 2.01. The molecule has 1 aromatic carbocycles. The van der Waals surface area contributed by atoms with Crippen molar-refractivity contribution in [2.75, 3.05) is 13.4 Å². The van der Waals surface area contributed by atoms with Gasteiger partial charge >= 0.3 is 5.97 Å². The number of benzene rings is 1. The molecule has 0 atom stereocenters. The Kier molecular flexibility index (Phi) is 2.63. The molecule has 2 heterocycles. The summed E-state index contributed by atoms with van der Waals surface area (Å²) in [6.07, 6.45) is 1.29. The monoisotopic (exact) mass is 261 g/mol. The Morgan fingerprint density at radius 3 is 2.84 bits per heavy atom. The topological polar surface area (TPSA) is 77.9 Å². The van der Waals surface area contributed by atoms with E-state index in [0.29, 0.717) is 34.8 Å². The highest BCUT2D eigenvalue weighted by atomic mass is 16.7. The summed E-state index contributed by atoms with van der Waals surface area (Å²) in [6.45, 7) is 2.32. The van der Waals surface area contributed by atoms with Crippen LogP contribution in [-0.2, 0) is 0 Å². The summed E-state index contributed by atoms with van der Waals surface area (Å²) < 4.78 is 16.0. The van der Waals surface area contributed by atoms with Gasteiger partial charge in [0, 0.05) is 17.6 Å². The number of aromatic carboxylic acids is 1. The van der Waals surface area contributed by atoms with Crippen LogP contribution >= 0.6 is 0 Å². The number of pyridine rings is 1. The maximum absolute atomic E-state index is 11.2. The maximum atomic E-state index is 11.2. The van der Waals surface area contributed by atoms with Crippen LogP contribution in [-0.4, -0.2) is 29.5 Å². The SMILES string of the molecule is CCOc1c(C(=O)O)cnc2cc3c(cc12)OCO3. The van der Waals surface area contributed by atoms with Crippen LogP contribution in [0.25, 0.3) is 10.9 Å². The lowest BCUT2D eigenvalue weighted by molar-refractivity contribution is 0.0692. The van der Waals surface area contributed by atoms with Crippen LogP contribution in [0.1, 0.15) is 17.3 Å². The first kappa shape index (κ1) is 11.6. The van der Waals surface area contributed by atoms with Crippen molar-refractivity contribution < 1.29 is 24.1 Å². The summed E-state index contributed by atoms with van der Waals surface area (Å²) in [4.78, 5) is 15.3. The van der Waals surface area contributed by atoms with Crippen molar-refractivity contribution in [3.63, 3.8) is 0 Å². The zero-order valence-electron chi connectivity index (χ0n) is 10.2. The van der Waals surface area contributed by atoms with Crippen LogP contribution in [0.4, 0.5) is 0 Å². The number of nitrogens with zero attached hydrogens (tertiary/aromatic N) is 1. The minimum atomic E-state index is -1.07. The van der Waals surface area contributed by atoms with Gasteiger partial charge in [0.15, 0.2) is 11.5 Å². The molecule has 1 N–H and O–H groups in total. The van der Waals surface area contributed by atoms with E-state index in [0.717, 1.165) is 0 Å². The number of hydrogen-bond acceptors (Lipinski definition) is 5. The second kappa shape index (κ2) is 4.31. The van der Waals surface area contributed by atoms with Gasteiger partial charge in [0.05, 0.1) is 12.1 Å². The predicted molar refractivity (Wildman–Crippen MR) is 66.0 cm³/mol. The molecule has 98 valence electrons. The molecule has 0 saturated carbocycles. The molecule has 0 fully saturated rings.